The molecular formula is C23H26N4O5S. The number of piperidine rings is 1. The van der Waals surface area contributed by atoms with E-state index in [2.05, 4.69) is 10.7 Å². The van der Waals surface area contributed by atoms with E-state index in [1.807, 2.05) is 6.92 Å². The molecule has 2 heterocycles. The molecule has 1 atom stereocenters. The van der Waals surface area contributed by atoms with E-state index in [4.69, 9.17) is 0 Å². The number of carbonyl (C=O) groups is 3. The Balaban J connectivity index is 1.41. The minimum absolute atomic E-state index is 0.135. The second-order valence-electron chi connectivity index (χ2n) is 8.40. The number of rotatable bonds is 5. The molecule has 2 aliphatic heterocycles. The quantitative estimate of drug-likeness (QED) is 0.697. The number of carbonyl (C=O) groups excluding carboxylic acids is 3. The SMILES string of the molecule is CC1CCCN(S(=O)(=O)c2ccc(NC(=O)c3ccc(N4NC(=O)CCC4=O)cc3)cc2)C1. The summed E-state index contributed by atoms with van der Waals surface area (Å²) in [7, 11) is -3.56. The van der Waals surface area contributed by atoms with E-state index < -0.39 is 10.0 Å². The number of benzene rings is 2. The van der Waals surface area contributed by atoms with Crippen LogP contribution in [0.1, 0.15) is 43.0 Å². The van der Waals surface area contributed by atoms with Crippen LogP contribution in [0.2, 0.25) is 0 Å². The van der Waals surface area contributed by atoms with Gasteiger partial charge in [-0.2, -0.15) is 4.31 Å². The second kappa shape index (κ2) is 9.32. The Kier molecular flexibility index (Phi) is 6.48. The van der Waals surface area contributed by atoms with Crippen molar-refractivity contribution in [2.75, 3.05) is 23.4 Å². The molecule has 0 bridgehead atoms. The van der Waals surface area contributed by atoms with Crippen LogP contribution in [0.5, 0.6) is 0 Å². The molecule has 2 aromatic carbocycles. The summed E-state index contributed by atoms with van der Waals surface area (Å²) in [5.74, 6) is -0.503. The topological polar surface area (TPSA) is 116 Å². The van der Waals surface area contributed by atoms with Crippen LogP contribution in [-0.4, -0.2) is 43.5 Å². The van der Waals surface area contributed by atoms with E-state index in [0.29, 0.717) is 35.9 Å². The van der Waals surface area contributed by atoms with E-state index >= 15 is 0 Å². The fraction of sp³-hybridized carbons (Fsp3) is 0.348. The van der Waals surface area contributed by atoms with Crippen LogP contribution < -0.4 is 15.8 Å². The molecule has 33 heavy (non-hydrogen) atoms. The average molecular weight is 471 g/mol. The number of amides is 3. The fourth-order valence-electron chi connectivity index (χ4n) is 3.97. The van der Waals surface area contributed by atoms with Gasteiger partial charge in [0.05, 0.1) is 10.6 Å². The first-order chi connectivity index (χ1) is 15.7. The van der Waals surface area contributed by atoms with Crippen LogP contribution in [0.25, 0.3) is 0 Å². The van der Waals surface area contributed by atoms with Gasteiger partial charge in [0.25, 0.3) is 5.91 Å². The summed E-state index contributed by atoms with van der Waals surface area (Å²) in [6.07, 6.45) is 2.18. The summed E-state index contributed by atoms with van der Waals surface area (Å²) in [5, 5.41) is 3.92. The maximum Gasteiger partial charge on any atom is 0.255 e. The summed E-state index contributed by atoms with van der Waals surface area (Å²) < 4.78 is 27.3. The van der Waals surface area contributed by atoms with Crippen LogP contribution in [-0.2, 0) is 19.6 Å². The molecule has 10 heteroatoms. The van der Waals surface area contributed by atoms with Crippen molar-refractivity contribution in [3.05, 3.63) is 54.1 Å². The lowest BCUT2D eigenvalue weighted by Gasteiger charge is -2.30. The summed E-state index contributed by atoms with van der Waals surface area (Å²) in [6, 6.07) is 12.4. The number of nitrogens with one attached hydrogen (secondary N) is 2. The normalized spacial score (nSPS) is 19.8. The van der Waals surface area contributed by atoms with Crippen molar-refractivity contribution in [3.63, 3.8) is 0 Å². The first-order valence-corrected chi connectivity index (χ1v) is 12.3. The number of nitrogens with zero attached hydrogens (tertiary/aromatic N) is 2. The molecule has 0 spiro atoms. The van der Waals surface area contributed by atoms with Crippen molar-refractivity contribution in [2.24, 2.45) is 5.92 Å². The predicted molar refractivity (Wildman–Crippen MR) is 123 cm³/mol. The van der Waals surface area contributed by atoms with Crippen molar-refractivity contribution in [3.8, 4) is 0 Å². The number of hydrogen-bond acceptors (Lipinski definition) is 5. The standard InChI is InChI=1S/C23H26N4O5S/c1-16-3-2-14-26(15-16)33(31,32)20-10-6-18(7-11-20)24-23(30)17-4-8-19(9-5-17)27-22(29)13-12-21(28)25-27/h4-11,16H,2-3,12-15H2,1H3,(H,24,30)(H,25,28). The van der Waals surface area contributed by atoms with Gasteiger partial charge in [-0.1, -0.05) is 6.92 Å². The molecule has 3 amide bonds. The van der Waals surface area contributed by atoms with Crippen molar-refractivity contribution in [1.29, 1.82) is 0 Å². The maximum absolute atomic E-state index is 12.9. The van der Waals surface area contributed by atoms with Gasteiger partial charge in [-0.15, -0.1) is 0 Å². The lowest BCUT2D eigenvalue weighted by Crippen LogP contribution is -2.50. The van der Waals surface area contributed by atoms with E-state index in [-0.39, 0.29) is 35.5 Å². The largest absolute Gasteiger partial charge is 0.322 e. The van der Waals surface area contributed by atoms with Gasteiger partial charge in [-0.3, -0.25) is 19.8 Å². The summed E-state index contributed by atoms with van der Waals surface area (Å²) in [6.45, 7) is 3.09. The van der Waals surface area contributed by atoms with Crippen molar-refractivity contribution in [2.45, 2.75) is 37.5 Å². The molecule has 2 aromatic rings. The maximum atomic E-state index is 12.9. The molecule has 0 aromatic heterocycles. The Hall–Kier alpha value is -3.24. The molecule has 2 N–H and O–H groups in total. The number of hydrogen-bond donors (Lipinski definition) is 2. The third-order valence-corrected chi connectivity index (χ3v) is 7.69. The van der Waals surface area contributed by atoms with Gasteiger partial charge in [-0.05, 0) is 67.3 Å². The van der Waals surface area contributed by atoms with E-state index in [1.165, 1.54) is 21.4 Å². The lowest BCUT2D eigenvalue weighted by molar-refractivity contribution is -0.130. The zero-order valence-electron chi connectivity index (χ0n) is 18.3. The third-order valence-electron chi connectivity index (χ3n) is 5.81. The first kappa shape index (κ1) is 22.9. The zero-order valence-corrected chi connectivity index (χ0v) is 19.1. The highest BCUT2D eigenvalue weighted by molar-refractivity contribution is 7.89. The van der Waals surface area contributed by atoms with Crippen LogP contribution in [0, 0.1) is 5.92 Å². The monoisotopic (exact) mass is 470 g/mol. The van der Waals surface area contributed by atoms with Gasteiger partial charge in [0.15, 0.2) is 0 Å². The molecule has 2 saturated heterocycles. The Bertz CT molecular complexity index is 1160. The molecule has 174 valence electrons. The molecule has 0 saturated carbocycles. The fourth-order valence-corrected chi connectivity index (χ4v) is 5.57. The molecule has 2 aliphatic rings. The smallest absolute Gasteiger partial charge is 0.255 e. The van der Waals surface area contributed by atoms with Gasteiger partial charge in [0.2, 0.25) is 21.8 Å². The van der Waals surface area contributed by atoms with Gasteiger partial charge in [0, 0.05) is 37.2 Å². The molecule has 0 aliphatic carbocycles. The number of sulfonamides is 1. The molecule has 2 fully saturated rings. The Morgan fingerprint density at radius 3 is 2.39 bits per heavy atom. The summed E-state index contributed by atoms with van der Waals surface area (Å²) in [4.78, 5) is 36.3. The van der Waals surface area contributed by atoms with Gasteiger partial charge in [0.1, 0.15) is 0 Å². The van der Waals surface area contributed by atoms with Crippen LogP contribution in [0.15, 0.2) is 53.4 Å². The summed E-state index contributed by atoms with van der Waals surface area (Å²) in [5.41, 5.74) is 3.79. The van der Waals surface area contributed by atoms with Gasteiger partial charge < -0.3 is 5.32 Å². The van der Waals surface area contributed by atoms with E-state index in [0.717, 1.165) is 12.8 Å². The lowest BCUT2D eigenvalue weighted by atomic mass is 10.0. The van der Waals surface area contributed by atoms with Gasteiger partial charge >= 0.3 is 0 Å². The highest BCUT2D eigenvalue weighted by atomic mass is 32.2. The Morgan fingerprint density at radius 2 is 1.73 bits per heavy atom. The van der Waals surface area contributed by atoms with Crippen LogP contribution in [0.3, 0.4) is 0 Å². The molecule has 9 nitrogen and oxygen atoms in total. The third kappa shape index (κ3) is 5.07. The molecule has 0 radical (unpaired) electrons. The highest BCUT2D eigenvalue weighted by Crippen LogP contribution is 2.25. The van der Waals surface area contributed by atoms with Crippen molar-refractivity contribution in [1.82, 2.24) is 9.73 Å². The predicted octanol–water partition coefficient (Wildman–Crippen LogP) is 2.52. The second-order valence-corrected chi connectivity index (χ2v) is 10.3. The Labute approximate surface area is 192 Å². The van der Waals surface area contributed by atoms with Crippen LogP contribution >= 0.6 is 0 Å². The number of anilines is 2. The zero-order chi connectivity index (χ0) is 23.6. The minimum atomic E-state index is -3.56. The molecule has 4 rings (SSSR count). The van der Waals surface area contributed by atoms with Gasteiger partial charge in [-0.25, -0.2) is 13.4 Å². The molecule has 1 unspecified atom stereocenters. The number of hydrazine groups is 1. The van der Waals surface area contributed by atoms with E-state index in [1.54, 1.807) is 36.4 Å². The minimum Gasteiger partial charge on any atom is -0.322 e. The summed E-state index contributed by atoms with van der Waals surface area (Å²) >= 11 is 0. The van der Waals surface area contributed by atoms with Crippen molar-refractivity contribution >= 4 is 39.1 Å². The average Bonchev–Trinajstić information content (AvgIpc) is 2.81. The Morgan fingerprint density at radius 1 is 1.03 bits per heavy atom. The first-order valence-electron chi connectivity index (χ1n) is 10.9. The molecular weight excluding hydrogens is 444 g/mol. The van der Waals surface area contributed by atoms with Crippen LogP contribution in [0.4, 0.5) is 11.4 Å². The van der Waals surface area contributed by atoms with E-state index in [9.17, 15) is 22.8 Å². The highest BCUT2D eigenvalue weighted by Gasteiger charge is 2.28. The van der Waals surface area contributed by atoms with Crippen molar-refractivity contribution < 1.29 is 22.8 Å².